The lowest BCUT2D eigenvalue weighted by Gasteiger charge is -2.05. The SMILES string of the molecule is Cc1nn(CC(C)C)c(Cl)c1/C=N\n1c(C2CC2)n[nH]c1=S. The van der Waals surface area contributed by atoms with Crippen molar-refractivity contribution in [1.29, 1.82) is 0 Å². The number of hydrogen-bond donors (Lipinski definition) is 1. The van der Waals surface area contributed by atoms with Crippen LogP contribution in [0.1, 0.15) is 49.7 Å². The first-order valence-corrected chi connectivity index (χ1v) is 8.20. The minimum atomic E-state index is 0.463. The molecule has 1 saturated carbocycles. The summed E-state index contributed by atoms with van der Waals surface area (Å²) in [4.78, 5) is 0. The molecule has 118 valence electrons. The molecule has 22 heavy (non-hydrogen) atoms. The topological polar surface area (TPSA) is 63.8 Å². The van der Waals surface area contributed by atoms with Crippen LogP contribution in [0.5, 0.6) is 0 Å². The van der Waals surface area contributed by atoms with Gasteiger partial charge in [-0.1, -0.05) is 25.4 Å². The molecule has 1 fully saturated rings. The zero-order valence-corrected chi connectivity index (χ0v) is 14.4. The largest absolute Gasteiger partial charge is 0.253 e. The zero-order chi connectivity index (χ0) is 15.9. The summed E-state index contributed by atoms with van der Waals surface area (Å²) in [5, 5.41) is 16.6. The average Bonchev–Trinajstić information content (AvgIpc) is 3.17. The van der Waals surface area contributed by atoms with Gasteiger partial charge in [0.15, 0.2) is 5.82 Å². The quantitative estimate of drug-likeness (QED) is 0.670. The third-order valence-corrected chi connectivity index (χ3v) is 4.23. The van der Waals surface area contributed by atoms with Crippen LogP contribution in [-0.2, 0) is 6.54 Å². The molecule has 0 atom stereocenters. The highest BCUT2D eigenvalue weighted by Crippen LogP contribution is 2.38. The van der Waals surface area contributed by atoms with E-state index in [1.807, 2.05) is 11.6 Å². The summed E-state index contributed by atoms with van der Waals surface area (Å²) in [7, 11) is 0. The highest BCUT2D eigenvalue weighted by Gasteiger charge is 2.29. The average molecular weight is 339 g/mol. The molecule has 2 aromatic heterocycles. The van der Waals surface area contributed by atoms with Crippen molar-refractivity contribution in [1.82, 2.24) is 24.7 Å². The van der Waals surface area contributed by atoms with Gasteiger partial charge >= 0.3 is 0 Å². The van der Waals surface area contributed by atoms with Crippen molar-refractivity contribution in [2.24, 2.45) is 11.0 Å². The summed E-state index contributed by atoms with van der Waals surface area (Å²) in [6.07, 6.45) is 4.00. The lowest BCUT2D eigenvalue weighted by Crippen LogP contribution is -2.06. The number of nitrogens with one attached hydrogen (secondary N) is 1. The van der Waals surface area contributed by atoms with Crippen LogP contribution in [0.4, 0.5) is 0 Å². The second-order valence-electron chi connectivity index (χ2n) is 6.08. The van der Waals surface area contributed by atoms with E-state index < -0.39 is 0 Å². The number of nitrogens with zero attached hydrogens (tertiary/aromatic N) is 5. The molecule has 8 heteroatoms. The van der Waals surface area contributed by atoms with Crippen LogP contribution in [0.3, 0.4) is 0 Å². The fourth-order valence-corrected chi connectivity index (χ4v) is 2.80. The molecule has 0 spiro atoms. The van der Waals surface area contributed by atoms with Crippen LogP contribution in [0.25, 0.3) is 0 Å². The van der Waals surface area contributed by atoms with E-state index in [1.54, 1.807) is 10.9 Å². The molecule has 0 unspecified atom stereocenters. The van der Waals surface area contributed by atoms with E-state index in [-0.39, 0.29) is 0 Å². The fourth-order valence-electron chi connectivity index (χ4n) is 2.32. The van der Waals surface area contributed by atoms with Gasteiger partial charge in [0.2, 0.25) is 4.77 Å². The van der Waals surface area contributed by atoms with Crippen molar-refractivity contribution in [2.45, 2.75) is 46.1 Å². The van der Waals surface area contributed by atoms with Gasteiger partial charge in [-0.3, -0.25) is 9.78 Å². The zero-order valence-electron chi connectivity index (χ0n) is 12.9. The third kappa shape index (κ3) is 3.01. The summed E-state index contributed by atoms with van der Waals surface area (Å²) in [5.41, 5.74) is 1.68. The van der Waals surface area contributed by atoms with Crippen LogP contribution in [0.2, 0.25) is 5.15 Å². The standard InChI is InChI=1S/C14H19ClN6S/c1-8(2)7-20-12(15)11(9(3)19-20)6-16-21-13(10-4-5-10)17-18-14(21)22/h6,8,10H,4-5,7H2,1-3H3,(H,18,22)/b16-6-. The van der Waals surface area contributed by atoms with Gasteiger partial charge in [0.25, 0.3) is 0 Å². The van der Waals surface area contributed by atoms with Crippen molar-refractivity contribution in [3.8, 4) is 0 Å². The van der Waals surface area contributed by atoms with Crippen molar-refractivity contribution in [2.75, 3.05) is 0 Å². The Balaban J connectivity index is 1.91. The van der Waals surface area contributed by atoms with Gasteiger partial charge in [-0.05, 0) is 37.9 Å². The van der Waals surface area contributed by atoms with E-state index in [0.717, 1.165) is 36.5 Å². The highest BCUT2D eigenvalue weighted by molar-refractivity contribution is 7.71. The Bertz CT molecular complexity index is 765. The van der Waals surface area contributed by atoms with Gasteiger partial charge in [0, 0.05) is 12.5 Å². The number of rotatable bonds is 5. The summed E-state index contributed by atoms with van der Waals surface area (Å²) in [5.74, 6) is 1.83. The van der Waals surface area contributed by atoms with Crippen LogP contribution < -0.4 is 0 Å². The second kappa shape index (κ2) is 5.96. The molecule has 2 aromatic rings. The van der Waals surface area contributed by atoms with Crippen LogP contribution in [0, 0.1) is 17.6 Å². The third-order valence-electron chi connectivity index (χ3n) is 3.57. The normalized spacial score (nSPS) is 15.3. The van der Waals surface area contributed by atoms with Gasteiger partial charge in [0.05, 0.1) is 17.5 Å². The molecule has 0 aliphatic heterocycles. The van der Waals surface area contributed by atoms with E-state index in [4.69, 9.17) is 23.8 Å². The molecule has 6 nitrogen and oxygen atoms in total. The predicted octanol–water partition coefficient (Wildman–Crippen LogP) is 3.51. The summed E-state index contributed by atoms with van der Waals surface area (Å²) < 4.78 is 4.00. The smallest absolute Gasteiger partial charge is 0.216 e. The minimum Gasteiger partial charge on any atom is -0.253 e. The molecule has 3 rings (SSSR count). The number of aromatic amines is 1. The first kappa shape index (κ1) is 15.4. The predicted molar refractivity (Wildman–Crippen MR) is 89.2 cm³/mol. The van der Waals surface area contributed by atoms with E-state index in [2.05, 4.69) is 34.2 Å². The Hall–Kier alpha value is -1.47. The first-order valence-electron chi connectivity index (χ1n) is 7.42. The van der Waals surface area contributed by atoms with E-state index >= 15 is 0 Å². The van der Waals surface area contributed by atoms with Crippen molar-refractivity contribution < 1.29 is 0 Å². The maximum atomic E-state index is 6.42. The van der Waals surface area contributed by atoms with Crippen LogP contribution in [0.15, 0.2) is 5.10 Å². The van der Waals surface area contributed by atoms with Crippen LogP contribution in [-0.4, -0.2) is 30.9 Å². The number of halogens is 1. The van der Waals surface area contributed by atoms with E-state index in [0.29, 0.717) is 21.8 Å². The summed E-state index contributed by atoms with van der Waals surface area (Å²) in [6, 6.07) is 0. The second-order valence-corrected chi connectivity index (χ2v) is 6.83. The molecular weight excluding hydrogens is 320 g/mol. The van der Waals surface area contributed by atoms with Gasteiger partial charge in [-0.2, -0.15) is 20.0 Å². The van der Waals surface area contributed by atoms with Gasteiger partial charge in [0.1, 0.15) is 5.15 Å². The number of aryl methyl sites for hydroxylation is 1. The first-order chi connectivity index (χ1) is 10.5. The number of aromatic nitrogens is 5. The van der Waals surface area contributed by atoms with Crippen molar-refractivity contribution in [3.63, 3.8) is 0 Å². The maximum Gasteiger partial charge on any atom is 0.216 e. The minimum absolute atomic E-state index is 0.463. The van der Waals surface area contributed by atoms with Crippen molar-refractivity contribution in [3.05, 3.63) is 27.0 Å². The molecule has 0 bridgehead atoms. The maximum absolute atomic E-state index is 6.42. The van der Waals surface area contributed by atoms with Crippen molar-refractivity contribution >= 4 is 30.0 Å². The monoisotopic (exact) mass is 338 g/mol. The Labute approximate surface area is 139 Å². The van der Waals surface area contributed by atoms with E-state index in [9.17, 15) is 0 Å². The molecule has 0 amide bonds. The highest BCUT2D eigenvalue weighted by atomic mass is 35.5. The lowest BCUT2D eigenvalue weighted by atomic mass is 10.2. The van der Waals surface area contributed by atoms with Gasteiger partial charge in [-0.25, -0.2) is 0 Å². The van der Waals surface area contributed by atoms with Gasteiger partial charge < -0.3 is 0 Å². The summed E-state index contributed by atoms with van der Waals surface area (Å²) in [6.45, 7) is 6.98. The number of H-pyrrole nitrogens is 1. The Morgan fingerprint density at radius 1 is 1.50 bits per heavy atom. The Kier molecular flexibility index (Phi) is 4.18. The number of hydrogen-bond acceptors (Lipinski definition) is 4. The molecule has 0 radical (unpaired) electrons. The lowest BCUT2D eigenvalue weighted by molar-refractivity contribution is 0.482. The van der Waals surface area contributed by atoms with Crippen LogP contribution >= 0.6 is 23.8 Å². The molecule has 2 heterocycles. The Morgan fingerprint density at radius 3 is 2.86 bits per heavy atom. The van der Waals surface area contributed by atoms with Gasteiger partial charge in [-0.15, -0.1) is 0 Å². The molecule has 1 N–H and O–H groups in total. The summed E-state index contributed by atoms with van der Waals surface area (Å²) >= 11 is 11.7. The molecule has 0 aromatic carbocycles. The molecular formula is C14H19ClN6S. The molecule has 1 aliphatic carbocycles. The van der Waals surface area contributed by atoms with E-state index in [1.165, 1.54) is 0 Å². The fraction of sp³-hybridized carbons (Fsp3) is 0.571. The Morgan fingerprint density at radius 2 is 2.23 bits per heavy atom. The molecule has 0 saturated heterocycles. The molecule has 1 aliphatic rings.